The summed E-state index contributed by atoms with van der Waals surface area (Å²) in [5, 5.41) is 3.92. The lowest BCUT2D eigenvalue weighted by atomic mass is 10.0. The summed E-state index contributed by atoms with van der Waals surface area (Å²) in [6, 6.07) is 13.4. The van der Waals surface area contributed by atoms with Crippen molar-refractivity contribution in [3.63, 3.8) is 0 Å². The molecule has 0 bridgehead atoms. The molecule has 4 nitrogen and oxygen atoms in total. The number of piperazine rings is 1. The normalized spacial score (nSPS) is 16.9. The first kappa shape index (κ1) is 19.5. The second-order valence-corrected chi connectivity index (χ2v) is 6.02. The van der Waals surface area contributed by atoms with Crippen LogP contribution in [0.15, 0.2) is 48.5 Å². The van der Waals surface area contributed by atoms with E-state index in [0.717, 1.165) is 5.56 Å². The zero-order chi connectivity index (χ0) is 16.9. The van der Waals surface area contributed by atoms with Gasteiger partial charge in [0, 0.05) is 24.7 Å². The topological polar surface area (TPSA) is 41.6 Å². The van der Waals surface area contributed by atoms with Crippen molar-refractivity contribution in [3.8, 4) is 5.75 Å². The average Bonchev–Trinajstić information content (AvgIpc) is 2.61. The van der Waals surface area contributed by atoms with E-state index in [0.29, 0.717) is 24.7 Å². The number of rotatable bonds is 4. The first-order valence-electron chi connectivity index (χ1n) is 7.78. The molecule has 1 amide bonds. The number of carbonyl (C=O) groups excluding carboxylic acids is 1. The second kappa shape index (κ2) is 9.04. The Labute approximate surface area is 157 Å². The Morgan fingerprint density at radius 1 is 1.28 bits per heavy atom. The molecule has 1 atom stereocenters. The number of carbonyl (C=O) groups is 1. The third-order valence-corrected chi connectivity index (χ3v) is 4.22. The van der Waals surface area contributed by atoms with Gasteiger partial charge in [0.1, 0.15) is 0 Å². The highest BCUT2D eigenvalue weighted by atomic mass is 35.5. The molecule has 0 radical (unpaired) electrons. The van der Waals surface area contributed by atoms with E-state index in [-0.39, 0.29) is 36.7 Å². The van der Waals surface area contributed by atoms with Crippen molar-refractivity contribution in [1.29, 1.82) is 0 Å². The van der Waals surface area contributed by atoms with Gasteiger partial charge in [-0.15, -0.1) is 12.4 Å². The standard InChI is InChI=1S/C18H18ClFN2O2.ClH/c19-14-5-3-4-13(10-14)16-11-21-8-9-22(16)18(23)12-24-17-7-2-1-6-15(17)20;/h1-7,10,16,21H,8-9,11-12H2;1H. The van der Waals surface area contributed by atoms with Crippen LogP contribution in [-0.4, -0.2) is 37.0 Å². The van der Waals surface area contributed by atoms with Gasteiger partial charge in [-0.1, -0.05) is 35.9 Å². The highest BCUT2D eigenvalue weighted by Gasteiger charge is 2.28. The molecule has 1 aliphatic rings. The van der Waals surface area contributed by atoms with Gasteiger partial charge in [0.15, 0.2) is 18.2 Å². The Morgan fingerprint density at radius 3 is 2.84 bits per heavy atom. The molecule has 0 aromatic heterocycles. The van der Waals surface area contributed by atoms with Gasteiger partial charge in [-0.25, -0.2) is 4.39 Å². The van der Waals surface area contributed by atoms with Crippen LogP contribution in [0.4, 0.5) is 4.39 Å². The molecule has 2 aromatic carbocycles. The molecular weight excluding hydrogens is 366 g/mol. The second-order valence-electron chi connectivity index (χ2n) is 5.58. The highest BCUT2D eigenvalue weighted by Crippen LogP contribution is 2.25. The molecule has 1 N–H and O–H groups in total. The maximum atomic E-state index is 13.6. The molecule has 7 heteroatoms. The Bertz CT molecular complexity index is 730. The lowest BCUT2D eigenvalue weighted by Crippen LogP contribution is -2.50. The van der Waals surface area contributed by atoms with E-state index in [2.05, 4.69) is 5.32 Å². The number of nitrogens with zero attached hydrogens (tertiary/aromatic N) is 1. The van der Waals surface area contributed by atoms with Gasteiger partial charge in [-0.05, 0) is 29.8 Å². The van der Waals surface area contributed by atoms with Crippen LogP contribution in [-0.2, 0) is 4.79 Å². The predicted molar refractivity (Wildman–Crippen MR) is 97.9 cm³/mol. The van der Waals surface area contributed by atoms with Crippen LogP contribution < -0.4 is 10.1 Å². The van der Waals surface area contributed by atoms with Crippen LogP contribution in [0.2, 0.25) is 5.02 Å². The maximum Gasteiger partial charge on any atom is 0.261 e. The van der Waals surface area contributed by atoms with Crippen molar-refractivity contribution in [2.45, 2.75) is 6.04 Å². The van der Waals surface area contributed by atoms with Crippen molar-refractivity contribution < 1.29 is 13.9 Å². The molecule has 0 aliphatic carbocycles. The fourth-order valence-corrected chi connectivity index (χ4v) is 3.00. The maximum absolute atomic E-state index is 13.6. The summed E-state index contributed by atoms with van der Waals surface area (Å²) in [6.07, 6.45) is 0. The minimum atomic E-state index is -0.475. The van der Waals surface area contributed by atoms with Gasteiger partial charge in [0.05, 0.1) is 6.04 Å². The zero-order valence-electron chi connectivity index (χ0n) is 13.5. The lowest BCUT2D eigenvalue weighted by Gasteiger charge is -2.36. The molecule has 1 heterocycles. The summed E-state index contributed by atoms with van der Waals surface area (Å²) in [6.45, 7) is 1.73. The summed E-state index contributed by atoms with van der Waals surface area (Å²) in [7, 11) is 0. The van der Waals surface area contributed by atoms with Crippen LogP contribution in [0.25, 0.3) is 0 Å². The minimum absolute atomic E-state index is 0. The van der Waals surface area contributed by atoms with E-state index in [4.69, 9.17) is 16.3 Å². The van der Waals surface area contributed by atoms with Crippen molar-refractivity contribution in [1.82, 2.24) is 10.2 Å². The predicted octanol–water partition coefficient (Wildman–Crippen LogP) is 3.45. The van der Waals surface area contributed by atoms with Crippen LogP contribution in [0.1, 0.15) is 11.6 Å². The molecule has 25 heavy (non-hydrogen) atoms. The minimum Gasteiger partial charge on any atom is -0.481 e. The number of hydrogen-bond donors (Lipinski definition) is 1. The van der Waals surface area contributed by atoms with E-state index >= 15 is 0 Å². The first-order chi connectivity index (χ1) is 11.6. The SMILES string of the molecule is Cl.O=C(COc1ccccc1F)N1CCNCC1c1cccc(Cl)c1. The quantitative estimate of drug-likeness (QED) is 0.877. The van der Waals surface area contributed by atoms with Crippen molar-refractivity contribution >= 4 is 29.9 Å². The number of amides is 1. The number of hydrogen-bond acceptors (Lipinski definition) is 3. The molecule has 3 rings (SSSR count). The Morgan fingerprint density at radius 2 is 2.08 bits per heavy atom. The molecule has 1 fully saturated rings. The molecule has 2 aromatic rings. The molecule has 1 aliphatic heterocycles. The number of halogens is 3. The summed E-state index contributed by atoms with van der Waals surface area (Å²) in [5.74, 6) is -0.568. The Hall–Kier alpha value is -1.82. The fraction of sp³-hybridized carbons (Fsp3) is 0.278. The Balaban J connectivity index is 0.00000225. The summed E-state index contributed by atoms with van der Waals surface area (Å²) < 4.78 is 18.9. The summed E-state index contributed by atoms with van der Waals surface area (Å²) in [5.41, 5.74) is 0.967. The van der Waals surface area contributed by atoms with Crippen LogP contribution >= 0.6 is 24.0 Å². The van der Waals surface area contributed by atoms with Crippen LogP contribution in [0, 0.1) is 5.82 Å². The van der Waals surface area contributed by atoms with Crippen molar-refractivity contribution in [3.05, 3.63) is 64.9 Å². The monoisotopic (exact) mass is 384 g/mol. The Kier molecular flexibility index (Phi) is 7.05. The molecule has 0 saturated carbocycles. The van der Waals surface area contributed by atoms with Gasteiger partial charge in [-0.2, -0.15) is 0 Å². The smallest absolute Gasteiger partial charge is 0.261 e. The summed E-state index contributed by atoms with van der Waals surface area (Å²) >= 11 is 6.06. The van der Waals surface area contributed by atoms with Gasteiger partial charge in [0.25, 0.3) is 5.91 Å². The van der Waals surface area contributed by atoms with Gasteiger partial charge < -0.3 is 15.0 Å². The third kappa shape index (κ3) is 4.84. The molecule has 1 saturated heterocycles. The third-order valence-electron chi connectivity index (χ3n) is 3.98. The van der Waals surface area contributed by atoms with E-state index in [9.17, 15) is 9.18 Å². The van der Waals surface area contributed by atoms with Gasteiger partial charge in [-0.3, -0.25) is 4.79 Å². The summed E-state index contributed by atoms with van der Waals surface area (Å²) in [4.78, 5) is 14.3. The highest BCUT2D eigenvalue weighted by molar-refractivity contribution is 6.30. The van der Waals surface area contributed by atoms with Gasteiger partial charge in [0.2, 0.25) is 0 Å². The van der Waals surface area contributed by atoms with E-state index in [1.807, 2.05) is 18.2 Å². The number of para-hydroxylation sites is 1. The largest absolute Gasteiger partial charge is 0.481 e. The van der Waals surface area contributed by atoms with Crippen molar-refractivity contribution in [2.24, 2.45) is 0 Å². The van der Waals surface area contributed by atoms with Crippen LogP contribution in [0.3, 0.4) is 0 Å². The zero-order valence-corrected chi connectivity index (χ0v) is 15.0. The molecule has 1 unspecified atom stereocenters. The molecule has 134 valence electrons. The van der Waals surface area contributed by atoms with Crippen molar-refractivity contribution in [2.75, 3.05) is 26.2 Å². The fourth-order valence-electron chi connectivity index (χ4n) is 2.80. The van der Waals surface area contributed by atoms with E-state index in [1.165, 1.54) is 12.1 Å². The lowest BCUT2D eigenvalue weighted by molar-refractivity contribution is -0.136. The van der Waals surface area contributed by atoms with Gasteiger partial charge >= 0.3 is 0 Å². The molecule has 0 spiro atoms. The number of benzene rings is 2. The average molecular weight is 385 g/mol. The van der Waals surface area contributed by atoms with Crippen LogP contribution in [0.5, 0.6) is 5.75 Å². The van der Waals surface area contributed by atoms with E-state index < -0.39 is 5.82 Å². The number of nitrogens with one attached hydrogen (secondary N) is 1. The first-order valence-corrected chi connectivity index (χ1v) is 8.16. The number of ether oxygens (including phenoxy) is 1. The molecular formula is C18H19Cl2FN2O2. The van der Waals surface area contributed by atoms with E-state index in [1.54, 1.807) is 23.1 Å².